The Morgan fingerprint density at radius 1 is 1.16 bits per heavy atom. The predicted octanol–water partition coefficient (Wildman–Crippen LogP) is 5.78. The summed E-state index contributed by atoms with van der Waals surface area (Å²) >= 11 is 12.2. The van der Waals surface area contributed by atoms with E-state index in [0.29, 0.717) is 12.2 Å². The van der Waals surface area contributed by atoms with Crippen molar-refractivity contribution in [2.75, 3.05) is 0 Å². The Bertz CT molecular complexity index is 1280. The Kier molecular flexibility index (Phi) is 5.70. The molecule has 0 bridgehead atoms. The minimum absolute atomic E-state index is 0.0296. The average molecular weight is 565 g/mol. The molecule has 38 heavy (non-hydrogen) atoms. The number of para-hydroxylation sites is 1. The molecule has 6 rings (SSSR count). The van der Waals surface area contributed by atoms with Crippen LogP contribution in [-0.2, 0) is 14.3 Å². The zero-order valence-electron chi connectivity index (χ0n) is 21.7. The van der Waals surface area contributed by atoms with E-state index in [0.717, 1.165) is 0 Å². The van der Waals surface area contributed by atoms with E-state index in [4.69, 9.17) is 38.0 Å². The van der Waals surface area contributed by atoms with Crippen molar-refractivity contribution in [2.24, 2.45) is 22.7 Å². The van der Waals surface area contributed by atoms with Crippen LogP contribution in [-0.4, -0.2) is 51.4 Å². The number of halogens is 3. The smallest absolute Gasteiger partial charge is 0.202 e. The maximum atomic E-state index is 17.6. The van der Waals surface area contributed by atoms with Gasteiger partial charge in [0.2, 0.25) is 5.05 Å². The quantitative estimate of drug-likeness (QED) is 0.460. The van der Waals surface area contributed by atoms with Gasteiger partial charge in [-0.1, -0.05) is 42.8 Å². The molecular weight excluding hydrogens is 534 g/mol. The average Bonchev–Trinajstić information content (AvgIpc) is 3.25. The van der Waals surface area contributed by atoms with Crippen molar-refractivity contribution in [3.8, 4) is 5.75 Å². The van der Waals surface area contributed by atoms with E-state index in [-0.39, 0.29) is 28.5 Å². The second-order valence-corrected chi connectivity index (χ2v) is 13.0. The fourth-order valence-corrected chi connectivity index (χ4v) is 9.30. The first-order valence-electron chi connectivity index (χ1n) is 13.0. The molecule has 1 heterocycles. The maximum absolute atomic E-state index is 17.6. The minimum Gasteiger partial charge on any atom is -0.447 e. The van der Waals surface area contributed by atoms with Crippen LogP contribution >= 0.6 is 23.8 Å². The molecule has 0 spiro atoms. The monoisotopic (exact) mass is 564 g/mol. The van der Waals surface area contributed by atoms with Crippen molar-refractivity contribution in [1.29, 1.82) is 0 Å². The molecule has 0 amide bonds. The summed E-state index contributed by atoms with van der Waals surface area (Å²) in [6, 6.07) is 9.07. The number of hydrogen-bond acceptors (Lipinski definition) is 6. The summed E-state index contributed by atoms with van der Waals surface area (Å²) in [6.45, 7) is 7.03. The van der Waals surface area contributed by atoms with Gasteiger partial charge in [-0.25, -0.2) is 8.78 Å². The number of ether oxygens (including phenoxy) is 3. The number of fused-ring (bicyclic) bond motifs is 7. The van der Waals surface area contributed by atoms with E-state index >= 15 is 8.78 Å². The van der Waals surface area contributed by atoms with Gasteiger partial charge in [0.15, 0.2) is 22.8 Å². The lowest BCUT2D eigenvalue weighted by molar-refractivity contribution is -0.240. The number of carbonyl (C=O) groups is 1. The van der Waals surface area contributed by atoms with E-state index in [1.807, 2.05) is 25.1 Å². The highest BCUT2D eigenvalue weighted by molar-refractivity contribution is 7.80. The first kappa shape index (κ1) is 26.5. The Morgan fingerprint density at radius 3 is 2.53 bits per heavy atom. The van der Waals surface area contributed by atoms with Gasteiger partial charge in [0.05, 0.1) is 17.2 Å². The lowest BCUT2D eigenvalue weighted by Crippen LogP contribution is -2.71. The largest absolute Gasteiger partial charge is 0.447 e. The molecule has 1 aromatic carbocycles. The number of benzene rings is 1. The second-order valence-electron chi connectivity index (χ2n) is 12.2. The molecule has 1 saturated heterocycles. The van der Waals surface area contributed by atoms with E-state index in [9.17, 15) is 9.90 Å². The van der Waals surface area contributed by atoms with E-state index in [2.05, 4.69) is 0 Å². The molecule has 3 saturated carbocycles. The van der Waals surface area contributed by atoms with Gasteiger partial charge in [-0.05, 0) is 82.0 Å². The van der Waals surface area contributed by atoms with Crippen LogP contribution in [0.5, 0.6) is 5.75 Å². The van der Waals surface area contributed by atoms with Gasteiger partial charge in [-0.15, -0.1) is 0 Å². The molecule has 1 aliphatic heterocycles. The highest BCUT2D eigenvalue weighted by Crippen LogP contribution is 2.73. The molecule has 9 heteroatoms. The molecule has 5 nitrogen and oxygen atoms in total. The van der Waals surface area contributed by atoms with E-state index in [1.165, 1.54) is 19.1 Å². The van der Waals surface area contributed by atoms with Gasteiger partial charge in [0.25, 0.3) is 0 Å². The molecule has 0 radical (unpaired) electrons. The van der Waals surface area contributed by atoms with Crippen molar-refractivity contribution in [3.05, 3.63) is 53.1 Å². The molecule has 5 aliphatic rings. The maximum Gasteiger partial charge on any atom is 0.202 e. The van der Waals surface area contributed by atoms with Crippen LogP contribution < -0.4 is 4.74 Å². The van der Waals surface area contributed by atoms with Gasteiger partial charge >= 0.3 is 0 Å². The number of rotatable bonds is 2. The molecule has 0 unspecified atom stereocenters. The Morgan fingerprint density at radius 2 is 1.84 bits per heavy atom. The molecule has 4 aliphatic carbocycles. The fourth-order valence-electron chi connectivity index (χ4n) is 8.42. The highest BCUT2D eigenvalue weighted by Gasteiger charge is 2.80. The summed E-state index contributed by atoms with van der Waals surface area (Å²) in [7, 11) is 0. The minimum atomic E-state index is -2.27. The number of aliphatic hydroxyl groups is 1. The standard InChI is InChI=1S/C29H31ClF2O5S/c1-25(2)36-21-13-16-17-12-18(31)22-23(30)19(33)10-11-26(22,3)28(17,32)20(34)14-27(16,4)29(21,37-25)24(38)35-15-8-6-5-7-9-15/h5-11,16-18,20-21,34H,12-14H2,1-4H3/t16-,17-,18-,20-,21+,26-,27-,28-,29-/m0/s1. The Labute approximate surface area is 231 Å². The number of aliphatic hydroxyl groups excluding tert-OH is 1. The zero-order valence-corrected chi connectivity index (χ0v) is 23.2. The highest BCUT2D eigenvalue weighted by atomic mass is 35.5. The normalized spacial score (nSPS) is 46.7. The lowest BCUT2D eigenvalue weighted by Gasteiger charge is -2.63. The number of hydrogen-bond donors (Lipinski definition) is 1. The molecule has 9 atom stereocenters. The summed E-state index contributed by atoms with van der Waals surface area (Å²) in [5, 5.41) is 11.5. The number of carbonyl (C=O) groups excluding carboxylic acids is 1. The third-order valence-electron chi connectivity index (χ3n) is 9.96. The van der Waals surface area contributed by atoms with Crippen LogP contribution in [0.3, 0.4) is 0 Å². The van der Waals surface area contributed by atoms with E-state index in [1.54, 1.807) is 26.0 Å². The van der Waals surface area contributed by atoms with Crippen LogP contribution in [0.1, 0.15) is 47.0 Å². The summed E-state index contributed by atoms with van der Waals surface area (Å²) in [5.74, 6) is -2.41. The molecule has 1 aromatic rings. The van der Waals surface area contributed by atoms with Crippen LogP contribution in [0.2, 0.25) is 0 Å². The zero-order chi connectivity index (χ0) is 27.5. The third-order valence-corrected chi connectivity index (χ3v) is 10.7. The summed E-state index contributed by atoms with van der Waals surface area (Å²) < 4.78 is 52.6. The number of allylic oxidation sites excluding steroid dienone is 4. The summed E-state index contributed by atoms with van der Waals surface area (Å²) in [5.41, 5.74) is -6.17. The second kappa shape index (κ2) is 8.16. The van der Waals surface area contributed by atoms with Crippen LogP contribution in [0.25, 0.3) is 0 Å². The van der Waals surface area contributed by atoms with Gasteiger partial charge in [0, 0.05) is 16.7 Å². The molecule has 1 N–H and O–H groups in total. The fraction of sp³-hybridized carbons (Fsp3) is 0.586. The first-order valence-corrected chi connectivity index (χ1v) is 13.8. The van der Waals surface area contributed by atoms with Gasteiger partial charge in [0.1, 0.15) is 11.9 Å². The van der Waals surface area contributed by atoms with Gasteiger partial charge in [-0.2, -0.15) is 0 Å². The van der Waals surface area contributed by atoms with E-state index < -0.39 is 63.9 Å². The van der Waals surface area contributed by atoms with Crippen molar-refractivity contribution in [3.63, 3.8) is 0 Å². The number of alkyl halides is 2. The van der Waals surface area contributed by atoms with Crippen LogP contribution in [0.15, 0.2) is 53.1 Å². The Hall–Kier alpha value is -1.71. The SMILES string of the molecule is CC1(C)O[C@@H]2C[C@H]3[C@@H]4C[C@H](F)C5=C(Cl)C(=O)C=C[C@]5(C)[C@@]4(F)[C@@H](O)C[C@]3(C)[C@]2(C(=S)Oc2ccccc2)O1. The van der Waals surface area contributed by atoms with Crippen LogP contribution in [0, 0.1) is 22.7 Å². The van der Waals surface area contributed by atoms with Crippen LogP contribution in [0.4, 0.5) is 8.78 Å². The third kappa shape index (κ3) is 3.12. The first-order chi connectivity index (χ1) is 17.7. The van der Waals surface area contributed by atoms with Gasteiger partial charge < -0.3 is 19.3 Å². The summed E-state index contributed by atoms with van der Waals surface area (Å²) in [6.07, 6.45) is -1.10. The van der Waals surface area contributed by atoms with Crippen molar-refractivity contribution < 1.29 is 32.9 Å². The Balaban J connectivity index is 1.47. The molecule has 204 valence electrons. The topological polar surface area (TPSA) is 65.0 Å². The van der Waals surface area contributed by atoms with Crippen molar-refractivity contribution in [1.82, 2.24) is 0 Å². The number of ketones is 1. The predicted molar refractivity (Wildman–Crippen MR) is 141 cm³/mol. The summed E-state index contributed by atoms with van der Waals surface area (Å²) in [4.78, 5) is 12.3. The van der Waals surface area contributed by atoms with Crippen molar-refractivity contribution in [2.45, 2.75) is 82.4 Å². The van der Waals surface area contributed by atoms with Crippen molar-refractivity contribution >= 4 is 34.7 Å². The molecule has 0 aromatic heterocycles. The molecular formula is C29H31ClF2O5S. The lowest BCUT2D eigenvalue weighted by atomic mass is 9.44. The molecule has 4 fully saturated rings. The number of thiocarbonyl (C=S) groups is 1. The van der Waals surface area contributed by atoms with Gasteiger partial charge in [-0.3, -0.25) is 4.79 Å².